The first kappa shape index (κ1) is 18.0. The SMILES string of the molecule is COCC#Cc1c(CCCO)oc(=O)c2ccc(C(F)(F)F)cc12. The number of hydrogen-bond acceptors (Lipinski definition) is 4. The van der Waals surface area contributed by atoms with Crippen molar-refractivity contribution in [1.29, 1.82) is 0 Å². The Kier molecular flexibility index (Phi) is 5.65. The molecule has 7 heteroatoms. The highest BCUT2D eigenvalue weighted by atomic mass is 19.4. The minimum atomic E-state index is -4.54. The lowest BCUT2D eigenvalue weighted by Gasteiger charge is -2.10. The van der Waals surface area contributed by atoms with Crippen LogP contribution in [0.3, 0.4) is 0 Å². The van der Waals surface area contributed by atoms with Crippen molar-refractivity contribution in [3.05, 3.63) is 45.5 Å². The van der Waals surface area contributed by atoms with E-state index < -0.39 is 17.4 Å². The Morgan fingerprint density at radius 1 is 1.29 bits per heavy atom. The minimum Gasteiger partial charge on any atom is -0.426 e. The van der Waals surface area contributed by atoms with Gasteiger partial charge in [-0.05, 0) is 24.6 Å². The van der Waals surface area contributed by atoms with Gasteiger partial charge in [0.1, 0.15) is 12.4 Å². The Bertz CT molecular complexity index is 841. The first-order chi connectivity index (χ1) is 11.4. The van der Waals surface area contributed by atoms with E-state index in [1.54, 1.807) is 0 Å². The van der Waals surface area contributed by atoms with Gasteiger partial charge in [-0.3, -0.25) is 0 Å². The molecule has 0 atom stereocenters. The fraction of sp³-hybridized carbons (Fsp3) is 0.353. The van der Waals surface area contributed by atoms with E-state index in [1.165, 1.54) is 7.11 Å². The number of methoxy groups -OCH3 is 1. The summed E-state index contributed by atoms with van der Waals surface area (Å²) in [6, 6.07) is 2.81. The van der Waals surface area contributed by atoms with Crippen molar-refractivity contribution in [3.63, 3.8) is 0 Å². The van der Waals surface area contributed by atoms with Crippen molar-refractivity contribution >= 4 is 10.8 Å². The van der Waals surface area contributed by atoms with Crippen LogP contribution in [0, 0.1) is 11.8 Å². The Morgan fingerprint density at radius 3 is 2.67 bits per heavy atom. The Morgan fingerprint density at radius 2 is 2.04 bits per heavy atom. The number of aliphatic hydroxyl groups is 1. The summed E-state index contributed by atoms with van der Waals surface area (Å²) in [6.07, 6.45) is -4.05. The van der Waals surface area contributed by atoms with Crippen LogP contribution in [0.4, 0.5) is 13.2 Å². The summed E-state index contributed by atoms with van der Waals surface area (Å²) in [6.45, 7) is -0.0612. The molecule has 128 valence electrons. The zero-order chi connectivity index (χ0) is 17.7. The number of halogens is 3. The topological polar surface area (TPSA) is 59.7 Å². The lowest BCUT2D eigenvalue weighted by atomic mass is 10.0. The summed E-state index contributed by atoms with van der Waals surface area (Å²) in [7, 11) is 1.44. The van der Waals surface area contributed by atoms with Gasteiger partial charge in [-0.1, -0.05) is 11.8 Å². The molecule has 4 nitrogen and oxygen atoms in total. The number of rotatable bonds is 4. The fourth-order valence-corrected chi connectivity index (χ4v) is 2.22. The number of alkyl halides is 3. The zero-order valence-corrected chi connectivity index (χ0v) is 12.9. The highest BCUT2D eigenvalue weighted by molar-refractivity contribution is 5.88. The van der Waals surface area contributed by atoms with Crippen molar-refractivity contribution in [2.75, 3.05) is 20.3 Å². The summed E-state index contributed by atoms with van der Waals surface area (Å²) in [5.74, 6) is 5.53. The summed E-state index contributed by atoms with van der Waals surface area (Å²) in [5.41, 5.74) is -1.39. The second kappa shape index (κ2) is 7.51. The Balaban J connectivity index is 2.74. The second-order valence-electron chi connectivity index (χ2n) is 5.01. The maximum atomic E-state index is 13.0. The largest absolute Gasteiger partial charge is 0.426 e. The van der Waals surface area contributed by atoms with E-state index in [1.807, 2.05) is 0 Å². The molecule has 1 aromatic carbocycles. The number of aryl methyl sites for hydroxylation is 1. The maximum absolute atomic E-state index is 13.0. The standard InChI is InChI=1S/C17H15F3O4/c1-23-9-3-4-12-14-10-11(17(18,19)20)6-7-13(14)16(22)24-15(12)5-2-8-21/h6-7,10,21H,2,5,8-9H2,1H3. The highest BCUT2D eigenvalue weighted by Gasteiger charge is 2.31. The first-order valence-corrected chi connectivity index (χ1v) is 7.14. The average molecular weight is 340 g/mol. The number of aliphatic hydroxyl groups excluding tert-OH is 1. The first-order valence-electron chi connectivity index (χ1n) is 7.14. The van der Waals surface area contributed by atoms with Crippen LogP contribution in [-0.4, -0.2) is 25.4 Å². The molecule has 0 aliphatic rings. The molecule has 0 fully saturated rings. The van der Waals surface area contributed by atoms with Crippen molar-refractivity contribution in [1.82, 2.24) is 0 Å². The quantitative estimate of drug-likeness (QED) is 0.870. The van der Waals surface area contributed by atoms with E-state index in [0.29, 0.717) is 6.42 Å². The number of ether oxygens (including phenoxy) is 1. The van der Waals surface area contributed by atoms with Crippen LogP contribution in [0.1, 0.15) is 23.3 Å². The third-order valence-corrected chi connectivity index (χ3v) is 3.32. The number of hydrogen-bond donors (Lipinski definition) is 1. The normalized spacial score (nSPS) is 11.4. The molecule has 0 aliphatic carbocycles. The predicted octanol–water partition coefficient (Wildman–Crippen LogP) is 2.73. The van der Waals surface area contributed by atoms with Crippen molar-refractivity contribution in [2.45, 2.75) is 19.0 Å². The van der Waals surface area contributed by atoms with Gasteiger partial charge < -0.3 is 14.3 Å². The van der Waals surface area contributed by atoms with E-state index in [-0.39, 0.29) is 41.7 Å². The summed E-state index contributed by atoms with van der Waals surface area (Å²) in [5, 5.41) is 9.05. The van der Waals surface area contributed by atoms with Gasteiger partial charge in [0.05, 0.1) is 16.5 Å². The van der Waals surface area contributed by atoms with E-state index in [4.69, 9.17) is 14.3 Å². The van der Waals surface area contributed by atoms with E-state index in [0.717, 1.165) is 18.2 Å². The van der Waals surface area contributed by atoms with Crippen LogP contribution >= 0.6 is 0 Å². The van der Waals surface area contributed by atoms with Gasteiger partial charge in [-0.15, -0.1) is 0 Å². The predicted molar refractivity (Wildman–Crippen MR) is 81.6 cm³/mol. The van der Waals surface area contributed by atoms with Gasteiger partial charge >= 0.3 is 11.8 Å². The van der Waals surface area contributed by atoms with Crippen LogP contribution in [0.25, 0.3) is 10.8 Å². The fourth-order valence-electron chi connectivity index (χ4n) is 2.22. The smallest absolute Gasteiger partial charge is 0.416 e. The molecule has 2 aromatic rings. The summed E-state index contributed by atoms with van der Waals surface area (Å²) >= 11 is 0. The molecule has 0 unspecified atom stereocenters. The highest BCUT2D eigenvalue weighted by Crippen LogP contribution is 2.32. The van der Waals surface area contributed by atoms with Gasteiger partial charge in [0, 0.05) is 25.5 Å². The second-order valence-corrected chi connectivity index (χ2v) is 5.01. The van der Waals surface area contributed by atoms with Crippen LogP contribution in [0.5, 0.6) is 0 Å². The molecule has 0 saturated carbocycles. The van der Waals surface area contributed by atoms with Crippen LogP contribution < -0.4 is 5.63 Å². The van der Waals surface area contributed by atoms with Crippen molar-refractivity contribution in [3.8, 4) is 11.8 Å². The molecule has 0 amide bonds. The summed E-state index contributed by atoms with van der Waals surface area (Å²) in [4.78, 5) is 12.0. The average Bonchev–Trinajstić information content (AvgIpc) is 2.54. The Labute approximate surface area is 135 Å². The molecule has 0 bridgehead atoms. The van der Waals surface area contributed by atoms with Gasteiger partial charge in [0.2, 0.25) is 0 Å². The van der Waals surface area contributed by atoms with Crippen LogP contribution in [-0.2, 0) is 17.3 Å². The van der Waals surface area contributed by atoms with Crippen molar-refractivity contribution in [2.24, 2.45) is 0 Å². The van der Waals surface area contributed by atoms with Crippen LogP contribution in [0.15, 0.2) is 27.4 Å². The van der Waals surface area contributed by atoms with E-state index in [9.17, 15) is 18.0 Å². The maximum Gasteiger partial charge on any atom is 0.416 e. The monoisotopic (exact) mass is 340 g/mol. The summed E-state index contributed by atoms with van der Waals surface area (Å²) < 4.78 is 48.9. The molecule has 0 radical (unpaired) electrons. The zero-order valence-electron chi connectivity index (χ0n) is 12.9. The van der Waals surface area contributed by atoms with Gasteiger partial charge in [-0.2, -0.15) is 13.2 Å². The van der Waals surface area contributed by atoms with Gasteiger partial charge in [0.25, 0.3) is 0 Å². The van der Waals surface area contributed by atoms with Gasteiger partial charge in [-0.25, -0.2) is 4.79 Å². The third kappa shape index (κ3) is 3.96. The number of fused-ring (bicyclic) bond motifs is 1. The van der Waals surface area contributed by atoms with Crippen molar-refractivity contribution < 1.29 is 27.4 Å². The molecule has 1 aromatic heterocycles. The molecule has 2 rings (SSSR count). The minimum absolute atomic E-state index is 0.0254. The van der Waals surface area contributed by atoms with Gasteiger partial charge in [0.15, 0.2) is 0 Å². The molecule has 1 N–H and O–H groups in total. The molecule has 0 spiro atoms. The lowest BCUT2D eigenvalue weighted by molar-refractivity contribution is -0.137. The molecule has 24 heavy (non-hydrogen) atoms. The molecular formula is C17H15F3O4. The molecule has 1 heterocycles. The van der Waals surface area contributed by atoms with Crippen LogP contribution in [0.2, 0.25) is 0 Å². The molecule has 0 saturated heterocycles. The molecular weight excluding hydrogens is 325 g/mol. The molecule has 0 aliphatic heterocycles. The lowest BCUT2D eigenvalue weighted by Crippen LogP contribution is -2.09. The van der Waals surface area contributed by atoms with E-state index in [2.05, 4.69) is 11.8 Å². The number of benzene rings is 1. The Hall–Kier alpha value is -2.30. The van der Waals surface area contributed by atoms with E-state index >= 15 is 0 Å². The third-order valence-electron chi connectivity index (χ3n) is 3.32.